The summed E-state index contributed by atoms with van der Waals surface area (Å²) in [5.41, 5.74) is 8.32. The van der Waals surface area contributed by atoms with Crippen molar-refractivity contribution in [3.05, 3.63) is 101 Å². The number of benzene rings is 3. The molecule has 0 aromatic heterocycles. The molecule has 3 aromatic carbocycles. The molecule has 0 spiro atoms. The van der Waals surface area contributed by atoms with Gasteiger partial charge in [0.15, 0.2) is 0 Å². The van der Waals surface area contributed by atoms with Crippen LogP contribution in [0.1, 0.15) is 52.4 Å². The Bertz CT molecular complexity index is 928. The molecular formula is C25H29ClN2O3. The number of aliphatic hydroxyl groups is 1. The number of carbonyl (C=O) groups excluding carboxylic acids is 1. The summed E-state index contributed by atoms with van der Waals surface area (Å²) in [4.78, 5) is 11.4. The van der Waals surface area contributed by atoms with Crippen LogP contribution in [0.25, 0.3) is 0 Å². The number of hydrogen-bond donors (Lipinski definition) is 4. The predicted molar refractivity (Wildman–Crippen MR) is 126 cm³/mol. The number of nitrogens with two attached hydrogens (primary N) is 1. The molecule has 2 atom stereocenters. The van der Waals surface area contributed by atoms with Crippen LogP contribution in [0.3, 0.4) is 0 Å². The summed E-state index contributed by atoms with van der Waals surface area (Å²) in [6.45, 7) is 2.41. The molecule has 5 N–H and O–H groups in total. The van der Waals surface area contributed by atoms with E-state index in [1.807, 2.05) is 36.4 Å². The van der Waals surface area contributed by atoms with E-state index >= 15 is 0 Å². The van der Waals surface area contributed by atoms with E-state index in [9.17, 15) is 15.0 Å². The Labute approximate surface area is 189 Å². The highest BCUT2D eigenvalue weighted by Crippen LogP contribution is 2.29. The number of nitrogens with one attached hydrogen (secondary N) is 1. The first-order chi connectivity index (χ1) is 14.5. The van der Waals surface area contributed by atoms with Crippen molar-refractivity contribution in [3.63, 3.8) is 0 Å². The maximum Gasteiger partial charge on any atom is 0.252 e. The fourth-order valence-electron chi connectivity index (χ4n) is 3.66. The molecule has 3 rings (SSSR count). The molecule has 164 valence electrons. The van der Waals surface area contributed by atoms with Crippen molar-refractivity contribution in [1.82, 2.24) is 5.32 Å². The Balaban J connectivity index is 0.00000341. The Kier molecular flexibility index (Phi) is 9.06. The highest BCUT2D eigenvalue weighted by Gasteiger charge is 2.19. The van der Waals surface area contributed by atoms with E-state index in [4.69, 9.17) is 5.73 Å². The van der Waals surface area contributed by atoms with Crippen LogP contribution in [-0.4, -0.2) is 28.7 Å². The van der Waals surface area contributed by atoms with E-state index < -0.39 is 12.0 Å². The van der Waals surface area contributed by atoms with Gasteiger partial charge in [-0.1, -0.05) is 66.7 Å². The van der Waals surface area contributed by atoms with Crippen LogP contribution < -0.4 is 11.1 Å². The van der Waals surface area contributed by atoms with Gasteiger partial charge in [-0.3, -0.25) is 4.79 Å². The van der Waals surface area contributed by atoms with Crippen molar-refractivity contribution >= 4 is 18.3 Å². The van der Waals surface area contributed by atoms with Gasteiger partial charge in [0.1, 0.15) is 5.75 Å². The zero-order chi connectivity index (χ0) is 21.5. The van der Waals surface area contributed by atoms with Crippen LogP contribution in [0.15, 0.2) is 78.9 Å². The van der Waals surface area contributed by atoms with E-state index in [0.29, 0.717) is 12.1 Å². The molecule has 0 aliphatic carbocycles. The number of carbonyl (C=O) groups is 1. The molecule has 6 heteroatoms. The number of rotatable bonds is 9. The van der Waals surface area contributed by atoms with Crippen molar-refractivity contribution in [1.29, 1.82) is 0 Å². The monoisotopic (exact) mass is 440 g/mol. The van der Waals surface area contributed by atoms with Crippen molar-refractivity contribution in [2.75, 3.05) is 6.54 Å². The van der Waals surface area contributed by atoms with Gasteiger partial charge in [0, 0.05) is 18.5 Å². The maximum atomic E-state index is 11.4. The number of phenols is 1. The third kappa shape index (κ3) is 6.56. The lowest BCUT2D eigenvalue weighted by Crippen LogP contribution is -2.32. The molecule has 0 fully saturated rings. The molecule has 0 aliphatic rings. The van der Waals surface area contributed by atoms with Crippen molar-refractivity contribution < 1.29 is 15.0 Å². The molecule has 0 saturated carbocycles. The minimum atomic E-state index is -0.821. The van der Waals surface area contributed by atoms with Gasteiger partial charge < -0.3 is 21.3 Å². The molecular weight excluding hydrogens is 412 g/mol. The number of primary amides is 1. The predicted octanol–water partition coefficient (Wildman–Crippen LogP) is 4.15. The second kappa shape index (κ2) is 11.5. The van der Waals surface area contributed by atoms with E-state index in [-0.39, 0.29) is 35.7 Å². The van der Waals surface area contributed by atoms with Gasteiger partial charge in [0.2, 0.25) is 0 Å². The Morgan fingerprint density at radius 3 is 2.00 bits per heavy atom. The Morgan fingerprint density at radius 1 is 0.935 bits per heavy atom. The molecule has 0 radical (unpaired) electrons. The molecule has 0 saturated heterocycles. The standard InChI is InChI=1S/C25H28N2O3.ClH/c1-17(27-16-24(29)20-12-13-23(28)22(15-20)25(26)30)14-21(18-8-4-2-5-9-18)19-10-6-3-7-11-19;/h2-13,15,17,21,24,27-29H,14,16H2,1H3,(H2,26,30);1H. The zero-order valence-corrected chi connectivity index (χ0v) is 18.3. The molecule has 5 nitrogen and oxygen atoms in total. The number of amides is 1. The molecule has 1 amide bonds. The number of aliphatic hydroxyl groups excluding tert-OH is 1. The summed E-state index contributed by atoms with van der Waals surface area (Å²) in [7, 11) is 0. The summed E-state index contributed by atoms with van der Waals surface area (Å²) in [6, 6.07) is 25.3. The molecule has 0 aliphatic heterocycles. The van der Waals surface area contributed by atoms with Crippen molar-refractivity contribution in [2.24, 2.45) is 5.73 Å². The Morgan fingerprint density at radius 2 is 1.48 bits per heavy atom. The van der Waals surface area contributed by atoms with Gasteiger partial charge in [-0.25, -0.2) is 0 Å². The van der Waals surface area contributed by atoms with Gasteiger partial charge in [0.05, 0.1) is 11.7 Å². The fourth-order valence-corrected chi connectivity index (χ4v) is 3.66. The minimum absolute atomic E-state index is 0. The highest BCUT2D eigenvalue weighted by molar-refractivity contribution is 5.95. The smallest absolute Gasteiger partial charge is 0.252 e. The number of halogens is 1. The minimum Gasteiger partial charge on any atom is -0.507 e. The van der Waals surface area contributed by atoms with Crippen molar-refractivity contribution in [3.8, 4) is 5.75 Å². The molecule has 0 heterocycles. The van der Waals surface area contributed by atoms with Crippen LogP contribution in [0.5, 0.6) is 5.75 Å². The number of aromatic hydroxyl groups is 1. The van der Waals surface area contributed by atoms with Crippen LogP contribution >= 0.6 is 12.4 Å². The van der Waals surface area contributed by atoms with Gasteiger partial charge in [0.25, 0.3) is 5.91 Å². The largest absolute Gasteiger partial charge is 0.507 e. The maximum absolute atomic E-state index is 11.4. The fraction of sp³-hybridized carbons (Fsp3) is 0.240. The lowest BCUT2D eigenvalue weighted by atomic mass is 9.86. The van der Waals surface area contributed by atoms with E-state index in [2.05, 4.69) is 36.5 Å². The van der Waals surface area contributed by atoms with Gasteiger partial charge in [-0.2, -0.15) is 0 Å². The molecule has 3 aromatic rings. The van der Waals surface area contributed by atoms with Gasteiger partial charge in [-0.05, 0) is 42.2 Å². The highest BCUT2D eigenvalue weighted by atomic mass is 35.5. The quantitative estimate of drug-likeness (QED) is 0.402. The van der Waals surface area contributed by atoms with Gasteiger partial charge in [-0.15, -0.1) is 12.4 Å². The average molecular weight is 441 g/mol. The second-order valence-electron chi connectivity index (χ2n) is 7.58. The van der Waals surface area contributed by atoms with Crippen LogP contribution in [-0.2, 0) is 0 Å². The average Bonchev–Trinajstić information content (AvgIpc) is 2.77. The van der Waals surface area contributed by atoms with E-state index in [0.717, 1.165) is 6.42 Å². The Hall–Kier alpha value is -2.86. The number of hydrogen-bond acceptors (Lipinski definition) is 4. The topological polar surface area (TPSA) is 95.6 Å². The van der Waals surface area contributed by atoms with Crippen molar-refractivity contribution in [2.45, 2.75) is 31.4 Å². The van der Waals surface area contributed by atoms with Crippen LogP contribution in [0.2, 0.25) is 0 Å². The molecule has 2 unspecified atom stereocenters. The summed E-state index contributed by atoms with van der Waals surface area (Å²) in [5, 5.41) is 23.6. The van der Waals surface area contributed by atoms with E-state index in [1.165, 1.54) is 23.3 Å². The summed E-state index contributed by atoms with van der Waals surface area (Å²) in [6.07, 6.45) is 0.0427. The molecule has 0 bridgehead atoms. The summed E-state index contributed by atoms with van der Waals surface area (Å²) < 4.78 is 0. The third-order valence-corrected chi connectivity index (χ3v) is 5.32. The zero-order valence-electron chi connectivity index (χ0n) is 17.4. The lowest BCUT2D eigenvalue weighted by Gasteiger charge is -2.24. The SMILES string of the molecule is CC(CC(c1ccccc1)c1ccccc1)NCC(O)c1ccc(O)c(C(N)=O)c1.Cl. The molecule has 31 heavy (non-hydrogen) atoms. The first kappa shape index (κ1) is 24.4. The lowest BCUT2D eigenvalue weighted by molar-refractivity contribution is 0.0997. The normalized spacial score (nSPS) is 12.7. The first-order valence-corrected chi connectivity index (χ1v) is 10.1. The van der Waals surface area contributed by atoms with E-state index in [1.54, 1.807) is 6.07 Å². The summed E-state index contributed by atoms with van der Waals surface area (Å²) >= 11 is 0. The summed E-state index contributed by atoms with van der Waals surface area (Å²) in [5.74, 6) is -0.674. The van der Waals surface area contributed by atoms with Crippen LogP contribution in [0.4, 0.5) is 0 Å². The van der Waals surface area contributed by atoms with Crippen LogP contribution in [0, 0.1) is 0 Å². The third-order valence-electron chi connectivity index (χ3n) is 5.32. The van der Waals surface area contributed by atoms with Gasteiger partial charge >= 0.3 is 0 Å². The second-order valence-corrected chi connectivity index (χ2v) is 7.58. The first-order valence-electron chi connectivity index (χ1n) is 10.1.